The minimum absolute atomic E-state index is 0.153. The summed E-state index contributed by atoms with van der Waals surface area (Å²) in [7, 11) is 0. The number of aliphatic hydroxyl groups excluding tert-OH is 1. The van der Waals surface area contributed by atoms with Gasteiger partial charge in [0.25, 0.3) is 0 Å². The standard InChI is InChI=1S/C21H24ClN3OS/c1-14-25-18(13-27-14)16-6-4-15(5-7-16)10-21(2,3)24-12-19(26)17-8-9-20(22)23-11-17/h4-9,11,13,19,24,26H,10,12H2,1-3H3/t19-/m0/s1. The molecule has 2 heterocycles. The lowest BCUT2D eigenvalue weighted by Crippen LogP contribution is -2.43. The molecular weight excluding hydrogens is 378 g/mol. The predicted octanol–water partition coefficient (Wildman–Crippen LogP) is 4.81. The van der Waals surface area contributed by atoms with Crippen LogP contribution in [0.4, 0.5) is 0 Å². The summed E-state index contributed by atoms with van der Waals surface area (Å²) >= 11 is 7.46. The molecule has 3 rings (SSSR count). The molecule has 4 nitrogen and oxygen atoms in total. The van der Waals surface area contributed by atoms with E-state index in [2.05, 4.69) is 58.8 Å². The number of benzene rings is 1. The number of hydrogen-bond donors (Lipinski definition) is 2. The first kappa shape index (κ1) is 20.0. The number of nitrogens with zero attached hydrogens (tertiary/aromatic N) is 2. The van der Waals surface area contributed by atoms with Gasteiger partial charge in [-0.25, -0.2) is 9.97 Å². The van der Waals surface area contributed by atoms with Gasteiger partial charge >= 0.3 is 0 Å². The van der Waals surface area contributed by atoms with Gasteiger partial charge in [0.1, 0.15) is 5.15 Å². The fourth-order valence-electron chi connectivity index (χ4n) is 2.94. The second-order valence-corrected chi connectivity index (χ2v) is 8.77. The Morgan fingerprint density at radius 1 is 1.19 bits per heavy atom. The Kier molecular flexibility index (Phi) is 6.27. The van der Waals surface area contributed by atoms with E-state index in [1.165, 1.54) is 5.56 Å². The van der Waals surface area contributed by atoms with Crippen molar-refractivity contribution in [1.29, 1.82) is 0 Å². The second kappa shape index (κ2) is 8.48. The van der Waals surface area contributed by atoms with E-state index in [1.54, 1.807) is 29.7 Å². The smallest absolute Gasteiger partial charge is 0.129 e. The average Bonchev–Trinajstić information content (AvgIpc) is 3.07. The average molecular weight is 402 g/mol. The van der Waals surface area contributed by atoms with Gasteiger partial charge in [0.05, 0.1) is 16.8 Å². The summed E-state index contributed by atoms with van der Waals surface area (Å²) in [6, 6.07) is 12.0. The third-order valence-corrected chi connectivity index (χ3v) is 5.42. The highest BCUT2D eigenvalue weighted by atomic mass is 35.5. The maximum absolute atomic E-state index is 10.4. The van der Waals surface area contributed by atoms with Crippen LogP contribution >= 0.6 is 22.9 Å². The van der Waals surface area contributed by atoms with E-state index in [-0.39, 0.29) is 5.54 Å². The third kappa shape index (κ3) is 5.59. The minimum atomic E-state index is -0.621. The monoisotopic (exact) mass is 401 g/mol. The molecule has 0 saturated heterocycles. The summed E-state index contributed by atoms with van der Waals surface area (Å²) in [5, 5.41) is 17.4. The molecule has 0 aliphatic rings. The van der Waals surface area contributed by atoms with Gasteiger partial charge in [0.15, 0.2) is 0 Å². The zero-order valence-corrected chi connectivity index (χ0v) is 17.3. The fraction of sp³-hybridized carbons (Fsp3) is 0.333. The minimum Gasteiger partial charge on any atom is -0.387 e. The van der Waals surface area contributed by atoms with Crippen molar-refractivity contribution in [3.05, 3.63) is 69.3 Å². The first-order valence-electron chi connectivity index (χ1n) is 8.88. The normalized spacial score (nSPS) is 12.9. The summed E-state index contributed by atoms with van der Waals surface area (Å²) in [4.78, 5) is 8.55. The molecule has 0 bridgehead atoms. The van der Waals surface area contributed by atoms with Gasteiger partial charge in [-0.1, -0.05) is 41.9 Å². The van der Waals surface area contributed by atoms with Crippen molar-refractivity contribution in [2.24, 2.45) is 0 Å². The van der Waals surface area contributed by atoms with Crippen LogP contribution in [-0.4, -0.2) is 27.2 Å². The van der Waals surface area contributed by atoms with E-state index in [0.717, 1.165) is 28.2 Å². The fourth-order valence-corrected chi connectivity index (χ4v) is 3.67. The van der Waals surface area contributed by atoms with Gasteiger partial charge in [-0.15, -0.1) is 11.3 Å². The molecule has 3 aromatic rings. The second-order valence-electron chi connectivity index (χ2n) is 7.32. The molecule has 0 fully saturated rings. The highest BCUT2D eigenvalue weighted by molar-refractivity contribution is 7.09. The van der Waals surface area contributed by atoms with E-state index in [1.807, 2.05) is 6.92 Å². The van der Waals surface area contributed by atoms with Crippen LogP contribution < -0.4 is 5.32 Å². The molecule has 1 atom stereocenters. The van der Waals surface area contributed by atoms with Crippen LogP contribution in [0.1, 0.15) is 36.1 Å². The number of aryl methyl sites for hydroxylation is 1. The molecule has 0 radical (unpaired) electrons. The van der Waals surface area contributed by atoms with Gasteiger partial charge in [-0.05, 0) is 38.8 Å². The molecule has 142 valence electrons. The number of aliphatic hydroxyl groups is 1. The number of nitrogens with one attached hydrogen (secondary N) is 1. The molecule has 27 heavy (non-hydrogen) atoms. The lowest BCUT2D eigenvalue weighted by molar-refractivity contribution is 0.160. The number of aromatic nitrogens is 2. The SMILES string of the molecule is Cc1nc(-c2ccc(CC(C)(C)NC[C@H](O)c3ccc(Cl)nc3)cc2)cs1. The van der Waals surface area contributed by atoms with Crippen LogP contribution in [0.15, 0.2) is 48.0 Å². The first-order chi connectivity index (χ1) is 12.8. The summed E-state index contributed by atoms with van der Waals surface area (Å²) in [6.07, 6.45) is 1.85. The maximum atomic E-state index is 10.4. The Labute approximate surface area is 169 Å². The molecule has 1 aromatic carbocycles. The molecule has 0 unspecified atom stereocenters. The summed E-state index contributed by atoms with van der Waals surface area (Å²) < 4.78 is 0. The van der Waals surface area contributed by atoms with Crippen molar-refractivity contribution in [3.63, 3.8) is 0 Å². The third-order valence-electron chi connectivity index (χ3n) is 4.42. The van der Waals surface area contributed by atoms with E-state index >= 15 is 0 Å². The number of pyridine rings is 1. The lowest BCUT2D eigenvalue weighted by Gasteiger charge is -2.28. The Bertz CT molecular complexity index is 875. The summed E-state index contributed by atoms with van der Waals surface area (Å²) in [5.74, 6) is 0. The van der Waals surface area contributed by atoms with Crippen LogP contribution in [0.3, 0.4) is 0 Å². The van der Waals surface area contributed by atoms with Crippen molar-refractivity contribution < 1.29 is 5.11 Å². The molecule has 0 aliphatic heterocycles. The number of hydrogen-bond acceptors (Lipinski definition) is 5. The predicted molar refractivity (Wildman–Crippen MR) is 112 cm³/mol. The highest BCUT2D eigenvalue weighted by Crippen LogP contribution is 2.23. The van der Waals surface area contributed by atoms with Crippen molar-refractivity contribution in [1.82, 2.24) is 15.3 Å². The zero-order valence-electron chi connectivity index (χ0n) is 15.7. The first-order valence-corrected chi connectivity index (χ1v) is 10.1. The highest BCUT2D eigenvalue weighted by Gasteiger charge is 2.20. The van der Waals surface area contributed by atoms with Crippen LogP contribution in [-0.2, 0) is 6.42 Å². The molecular formula is C21H24ClN3OS. The molecule has 0 amide bonds. The van der Waals surface area contributed by atoms with Crippen molar-refractivity contribution in [2.45, 2.75) is 38.8 Å². The van der Waals surface area contributed by atoms with Gasteiger partial charge in [-0.3, -0.25) is 0 Å². The Hall–Kier alpha value is -1.79. The van der Waals surface area contributed by atoms with Gasteiger partial charge in [0.2, 0.25) is 0 Å². The molecule has 2 aromatic heterocycles. The molecule has 2 N–H and O–H groups in total. The molecule has 0 spiro atoms. The van der Waals surface area contributed by atoms with Crippen LogP contribution in [0.2, 0.25) is 5.15 Å². The van der Waals surface area contributed by atoms with E-state index in [9.17, 15) is 5.11 Å². The quantitative estimate of drug-likeness (QED) is 0.557. The summed E-state index contributed by atoms with van der Waals surface area (Å²) in [6.45, 7) is 6.74. The van der Waals surface area contributed by atoms with Crippen molar-refractivity contribution >= 4 is 22.9 Å². The number of thiazole rings is 1. The Balaban J connectivity index is 1.58. The van der Waals surface area contributed by atoms with Gasteiger partial charge in [0, 0.05) is 34.8 Å². The molecule has 0 saturated carbocycles. The number of halogens is 1. The van der Waals surface area contributed by atoms with Gasteiger partial charge < -0.3 is 10.4 Å². The molecule has 6 heteroatoms. The largest absolute Gasteiger partial charge is 0.387 e. The van der Waals surface area contributed by atoms with E-state index in [0.29, 0.717) is 11.7 Å². The van der Waals surface area contributed by atoms with Gasteiger partial charge in [-0.2, -0.15) is 0 Å². The zero-order chi connectivity index (χ0) is 19.4. The van der Waals surface area contributed by atoms with Crippen molar-refractivity contribution in [3.8, 4) is 11.3 Å². The maximum Gasteiger partial charge on any atom is 0.129 e. The van der Waals surface area contributed by atoms with E-state index in [4.69, 9.17) is 11.6 Å². The Morgan fingerprint density at radius 2 is 1.93 bits per heavy atom. The number of β-amino-alcohol motifs (C(OH)–C–C–N with tert-alkyl or cyclic N) is 1. The van der Waals surface area contributed by atoms with Crippen molar-refractivity contribution in [2.75, 3.05) is 6.54 Å². The number of rotatable bonds is 7. The van der Waals surface area contributed by atoms with Crippen LogP contribution in [0.5, 0.6) is 0 Å². The van der Waals surface area contributed by atoms with E-state index < -0.39 is 6.10 Å². The molecule has 0 aliphatic carbocycles. The lowest BCUT2D eigenvalue weighted by atomic mass is 9.93. The topological polar surface area (TPSA) is 58.0 Å². The van der Waals surface area contributed by atoms with Crippen LogP contribution in [0, 0.1) is 6.92 Å². The Morgan fingerprint density at radius 3 is 2.52 bits per heavy atom. The van der Waals surface area contributed by atoms with Crippen LogP contribution in [0.25, 0.3) is 11.3 Å². The summed E-state index contributed by atoms with van der Waals surface area (Å²) in [5.41, 5.74) is 4.01.